The molecule has 1 atom stereocenters. The van der Waals surface area contributed by atoms with Crippen LogP contribution in [0.2, 0.25) is 0 Å². The van der Waals surface area contributed by atoms with Crippen LogP contribution in [0.5, 0.6) is 0 Å². The predicted molar refractivity (Wildman–Crippen MR) is 68.3 cm³/mol. The van der Waals surface area contributed by atoms with Crippen molar-refractivity contribution >= 4 is 23.6 Å². The molecule has 0 fully saturated rings. The van der Waals surface area contributed by atoms with E-state index in [-0.39, 0.29) is 5.56 Å². The summed E-state index contributed by atoms with van der Waals surface area (Å²) in [5.74, 6) is -1.37. The van der Waals surface area contributed by atoms with Gasteiger partial charge >= 0.3 is 12.0 Å². The molecule has 0 aliphatic carbocycles. The molecule has 102 valence electrons. The van der Waals surface area contributed by atoms with Crippen LogP contribution in [0.25, 0.3) is 0 Å². The lowest BCUT2D eigenvalue weighted by Gasteiger charge is -2.12. The number of benzene rings is 1. The van der Waals surface area contributed by atoms with Crippen LogP contribution in [0.4, 0.5) is 10.5 Å². The van der Waals surface area contributed by atoms with E-state index in [0.29, 0.717) is 5.69 Å². The maximum Gasteiger partial charge on any atom is 0.338 e. The van der Waals surface area contributed by atoms with Gasteiger partial charge in [0.25, 0.3) is 5.91 Å². The zero-order valence-corrected chi connectivity index (χ0v) is 10.6. The van der Waals surface area contributed by atoms with Gasteiger partial charge < -0.3 is 15.8 Å². The van der Waals surface area contributed by atoms with E-state index in [9.17, 15) is 14.4 Å². The zero-order valence-electron chi connectivity index (χ0n) is 10.6. The van der Waals surface area contributed by atoms with Crippen LogP contribution in [0.1, 0.15) is 17.3 Å². The second kappa shape index (κ2) is 6.39. The monoisotopic (exact) mass is 265 g/mol. The van der Waals surface area contributed by atoms with Crippen LogP contribution < -0.4 is 16.4 Å². The molecule has 1 aromatic rings. The van der Waals surface area contributed by atoms with Crippen molar-refractivity contribution < 1.29 is 19.1 Å². The standard InChI is InChI=1S/C12H15N3O4/c1-7(10(16)15-12(18)14-2)19-11(17)8-3-5-9(13)6-4-8/h3-7H,13H2,1-2H3,(H2,14,15,16,18)/t7-/m1/s1. The average molecular weight is 265 g/mol. The van der Waals surface area contributed by atoms with E-state index in [1.165, 1.54) is 26.1 Å². The number of ether oxygens (including phenoxy) is 1. The highest BCUT2D eigenvalue weighted by molar-refractivity contribution is 5.98. The smallest absolute Gasteiger partial charge is 0.338 e. The van der Waals surface area contributed by atoms with Crippen LogP contribution in [-0.2, 0) is 9.53 Å². The topological polar surface area (TPSA) is 111 Å². The molecule has 0 aliphatic rings. The van der Waals surface area contributed by atoms with Gasteiger partial charge in [-0.3, -0.25) is 10.1 Å². The van der Waals surface area contributed by atoms with Crippen molar-refractivity contribution in [3.63, 3.8) is 0 Å². The van der Waals surface area contributed by atoms with Crippen LogP contribution in [0, 0.1) is 0 Å². The molecule has 0 aromatic heterocycles. The first-order chi connectivity index (χ1) is 8.93. The summed E-state index contributed by atoms with van der Waals surface area (Å²) >= 11 is 0. The lowest BCUT2D eigenvalue weighted by Crippen LogP contribution is -2.43. The molecule has 0 saturated heterocycles. The van der Waals surface area contributed by atoms with Crippen molar-refractivity contribution in [3.8, 4) is 0 Å². The van der Waals surface area contributed by atoms with E-state index in [1.807, 2.05) is 5.32 Å². The SMILES string of the molecule is CNC(=O)NC(=O)[C@@H](C)OC(=O)c1ccc(N)cc1. The highest BCUT2D eigenvalue weighted by Gasteiger charge is 2.20. The summed E-state index contributed by atoms with van der Waals surface area (Å²) < 4.78 is 4.91. The van der Waals surface area contributed by atoms with Gasteiger partial charge in [-0.1, -0.05) is 0 Å². The Kier molecular flexibility index (Phi) is 4.87. The van der Waals surface area contributed by atoms with Gasteiger partial charge in [0.1, 0.15) is 0 Å². The first kappa shape index (κ1) is 14.5. The zero-order chi connectivity index (χ0) is 14.4. The van der Waals surface area contributed by atoms with Gasteiger partial charge in [-0.05, 0) is 31.2 Å². The predicted octanol–water partition coefficient (Wildman–Crippen LogP) is 0.270. The van der Waals surface area contributed by atoms with Crippen molar-refractivity contribution in [2.24, 2.45) is 0 Å². The van der Waals surface area contributed by atoms with Crippen molar-refractivity contribution in [2.75, 3.05) is 12.8 Å². The second-order valence-corrected chi connectivity index (χ2v) is 3.74. The third kappa shape index (κ3) is 4.30. The number of carbonyl (C=O) groups is 3. The molecule has 7 nitrogen and oxygen atoms in total. The Balaban J connectivity index is 2.59. The fourth-order valence-corrected chi connectivity index (χ4v) is 1.18. The molecule has 7 heteroatoms. The Hall–Kier alpha value is -2.57. The van der Waals surface area contributed by atoms with Crippen molar-refractivity contribution in [1.29, 1.82) is 0 Å². The quantitative estimate of drug-likeness (QED) is 0.536. The van der Waals surface area contributed by atoms with E-state index in [2.05, 4.69) is 5.32 Å². The number of nitrogen functional groups attached to an aromatic ring is 1. The molecule has 0 spiro atoms. The van der Waals surface area contributed by atoms with Crippen LogP contribution in [-0.4, -0.2) is 31.1 Å². The molecule has 0 radical (unpaired) electrons. The fourth-order valence-electron chi connectivity index (χ4n) is 1.18. The van der Waals surface area contributed by atoms with E-state index >= 15 is 0 Å². The molecule has 4 N–H and O–H groups in total. The number of nitrogens with one attached hydrogen (secondary N) is 2. The summed E-state index contributed by atoms with van der Waals surface area (Å²) in [5, 5.41) is 4.23. The number of anilines is 1. The van der Waals surface area contributed by atoms with Gasteiger partial charge in [-0.15, -0.1) is 0 Å². The fraction of sp³-hybridized carbons (Fsp3) is 0.250. The molecule has 0 saturated carbocycles. The molecule has 0 heterocycles. The molecule has 0 unspecified atom stereocenters. The molecule has 0 aliphatic heterocycles. The number of imide groups is 1. The highest BCUT2D eigenvalue weighted by atomic mass is 16.5. The largest absolute Gasteiger partial charge is 0.449 e. The lowest BCUT2D eigenvalue weighted by molar-refractivity contribution is -0.127. The van der Waals surface area contributed by atoms with Crippen LogP contribution in [0.3, 0.4) is 0 Å². The Labute approximate surface area is 110 Å². The molecule has 1 rings (SSSR count). The van der Waals surface area contributed by atoms with Crippen molar-refractivity contribution in [3.05, 3.63) is 29.8 Å². The third-order valence-electron chi connectivity index (χ3n) is 2.26. The third-order valence-corrected chi connectivity index (χ3v) is 2.26. The number of esters is 1. The van der Waals surface area contributed by atoms with Gasteiger partial charge in [-0.25, -0.2) is 9.59 Å². The second-order valence-electron chi connectivity index (χ2n) is 3.74. The number of nitrogens with two attached hydrogens (primary N) is 1. The summed E-state index contributed by atoms with van der Waals surface area (Å²) in [6, 6.07) is 5.40. The van der Waals surface area contributed by atoms with Crippen molar-refractivity contribution in [1.82, 2.24) is 10.6 Å². The number of carbonyl (C=O) groups excluding carboxylic acids is 3. The Morgan fingerprint density at radius 3 is 2.32 bits per heavy atom. The maximum atomic E-state index is 11.7. The van der Waals surface area contributed by atoms with Gasteiger partial charge in [0.05, 0.1) is 5.56 Å². The molecular formula is C12H15N3O4. The Bertz CT molecular complexity index is 484. The minimum Gasteiger partial charge on any atom is -0.449 e. The van der Waals surface area contributed by atoms with Crippen LogP contribution in [0.15, 0.2) is 24.3 Å². The first-order valence-corrected chi connectivity index (χ1v) is 5.53. The van der Waals surface area contributed by atoms with Gasteiger partial charge in [0.15, 0.2) is 6.10 Å². The number of urea groups is 1. The number of rotatable bonds is 3. The molecule has 3 amide bonds. The summed E-state index contributed by atoms with van der Waals surface area (Å²) in [4.78, 5) is 34.1. The minimum absolute atomic E-state index is 0.272. The number of hydrogen-bond acceptors (Lipinski definition) is 5. The highest BCUT2D eigenvalue weighted by Crippen LogP contribution is 2.08. The van der Waals surface area contributed by atoms with E-state index < -0.39 is 24.0 Å². The van der Waals surface area contributed by atoms with Gasteiger partial charge in [-0.2, -0.15) is 0 Å². The summed E-state index contributed by atoms with van der Waals surface area (Å²) in [7, 11) is 1.37. The maximum absolute atomic E-state index is 11.7. The van der Waals surface area contributed by atoms with Crippen molar-refractivity contribution in [2.45, 2.75) is 13.0 Å². The van der Waals surface area contributed by atoms with Gasteiger partial charge in [0, 0.05) is 12.7 Å². The van der Waals surface area contributed by atoms with E-state index in [4.69, 9.17) is 10.5 Å². The summed E-state index contributed by atoms with van der Waals surface area (Å²) in [5.41, 5.74) is 6.27. The van der Waals surface area contributed by atoms with E-state index in [1.54, 1.807) is 12.1 Å². The molecule has 0 bridgehead atoms. The number of hydrogen-bond donors (Lipinski definition) is 3. The normalized spacial score (nSPS) is 11.3. The average Bonchev–Trinajstić information content (AvgIpc) is 2.38. The first-order valence-electron chi connectivity index (χ1n) is 5.53. The number of amides is 3. The van der Waals surface area contributed by atoms with E-state index in [0.717, 1.165) is 0 Å². The lowest BCUT2D eigenvalue weighted by atomic mass is 10.2. The Morgan fingerprint density at radius 1 is 1.21 bits per heavy atom. The molecule has 19 heavy (non-hydrogen) atoms. The molecule has 1 aromatic carbocycles. The van der Waals surface area contributed by atoms with Gasteiger partial charge in [0.2, 0.25) is 0 Å². The minimum atomic E-state index is -1.08. The Morgan fingerprint density at radius 2 is 1.79 bits per heavy atom. The summed E-state index contributed by atoms with van der Waals surface area (Å²) in [6.07, 6.45) is -1.08. The summed E-state index contributed by atoms with van der Waals surface area (Å²) in [6.45, 7) is 1.37. The van der Waals surface area contributed by atoms with Crippen LogP contribution >= 0.6 is 0 Å². The molecular weight excluding hydrogens is 250 g/mol.